The largest absolute Gasteiger partial charge is 0.464 e. The molecular formula is C11H16N4O2. The standard InChI is InChI=1S/C11H16N4O2/c1-17-11(16)9-6-14-10(7-13-9)15-8-2-4-12-5-3-8/h6-8,12H,2-5H2,1H3,(H,14,15). The number of nitrogens with one attached hydrogen (secondary N) is 2. The minimum atomic E-state index is -0.467. The second kappa shape index (κ2) is 5.58. The first-order valence-corrected chi connectivity index (χ1v) is 5.67. The maximum absolute atomic E-state index is 11.2. The van der Waals surface area contributed by atoms with Gasteiger partial charge in [0.1, 0.15) is 5.82 Å². The highest BCUT2D eigenvalue weighted by Gasteiger charge is 2.13. The molecule has 0 spiro atoms. The van der Waals surface area contributed by atoms with Crippen LogP contribution in [0.15, 0.2) is 12.4 Å². The molecule has 0 radical (unpaired) electrons. The Morgan fingerprint density at radius 1 is 1.41 bits per heavy atom. The van der Waals surface area contributed by atoms with E-state index < -0.39 is 5.97 Å². The Morgan fingerprint density at radius 2 is 2.18 bits per heavy atom. The van der Waals surface area contributed by atoms with Crippen LogP contribution in [0.25, 0.3) is 0 Å². The van der Waals surface area contributed by atoms with Crippen molar-refractivity contribution in [3.8, 4) is 0 Å². The van der Waals surface area contributed by atoms with Crippen LogP contribution >= 0.6 is 0 Å². The van der Waals surface area contributed by atoms with Crippen molar-refractivity contribution in [2.24, 2.45) is 0 Å². The van der Waals surface area contributed by atoms with Gasteiger partial charge in [-0.05, 0) is 25.9 Å². The lowest BCUT2D eigenvalue weighted by molar-refractivity contribution is 0.0593. The van der Waals surface area contributed by atoms with Crippen molar-refractivity contribution in [2.75, 3.05) is 25.5 Å². The van der Waals surface area contributed by atoms with E-state index in [0.29, 0.717) is 11.9 Å². The van der Waals surface area contributed by atoms with Crippen LogP contribution < -0.4 is 10.6 Å². The number of nitrogens with zero attached hydrogens (tertiary/aromatic N) is 2. The normalized spacial score (nSPS) is 16.5. The summed E-state index contributed by atoms with van der Waals surface area (Å²) in [5.41, 5.74) is 0.225. The summed E-state index contributed by atoms with van der Waals surface area (Å²) in [6, 6.07) is 0.425. The van der Waals surface area contributed by atoms with Crippen molar-refractivity contribution in [1.29, 1.82) is 0 Å². The van der Waals surface area contributed by atoms with Crippen molar-refractivity contribution in [3.05, 3.63) is 18.1 Å². The molecule has 92 valence electrons. The predicted octanol–water partition coefficient (Wildman–Crippen LogP) is 0.427. The first-order valence-electron chi connectivity index (χ1n) is 5.67. The van der Waals surface area contributed by atoms with E-state index in [1.807, 2.05) is 0 Å². The van der Waals surface area contributed by atoms with Gasteiger partial charge in [0, 0.05) is 6.04 Å². The molecule has 1 fully saturated rings. The van der Waals surface area contributed by atoms with Gasteiger partial charge >= 0.3 is 5.97 Å². The third-order valence-corrected chi connectivity index (χ3v) is 2.74. The fraction of sp³-hybridized carbons (Fsp3) is 0.545. The lowest BCUT2D eigenvalue weighted by atomic mass is 10.1. The van der Waals surface area contributed by atoms with Crippen LogP contribution in [0.4, 0.5) is 5.82 Å². The van der Waals surface area contributed by atoms with Crippen LogP contribution in [0.1, 0.15) is 23.3 Å². The number of aromatic nitrogens is 2. The predicted molar refractivity (Wildman–Crippen MR) is 62.9 cm³/mol. The zero-order valence-corrected chi connectivity index (χ0v) is 9.77. The fourth-order valence-electron chi connectivity index (χ4n) is 1.79. The molecule has 1 aliphatic heterocycles. The summed E-state index contributed by atoms with van der Waals surface area (Å²) >= 11 is 0. The van der Waals surface area contributed by atoms with Crippen molar-refractivity contribution in [1.82, 2.24) is 15.3 Å². The molecule has 0 saturated carbocycles. The van der Waals surface area contributed by atoms with E-state index in [9.17, 15) is 4.79 Å². The summed E-state index contributed by atoms with van der Waals surface area (Å²) < 4.78 is 4.56. The summed E-state index contributed by atoms with van der Waals surface area (Å²) in [6.45, 7) is 2.04. The smallest absolute Gasteiger partial charge is 0.358 e. The highest BCUT2D eigenvalue weighted by Crippen LogP contribution is 2.10. The molecule has 6 heteroatoms. The van der Waals surface area contributed by atoms with Crippen molar-refractivity contribution >= 4 is 11.8 Å². The molecule has 6 nitrogen and oxygen atoms in total. The second-order valence-electron chi connectivity index (χ2n) is 3.95. The highest BCUT2D eigenvalue weighted by molar-refractivity contribution is 5.86. The lowest BCUT2D eigenvalue weighted by Crippen LogP contribution is -2.35. The van der Waals surface area contributed by atoms with Gasteiger partial charge in [-0.25, -0.2) is 14.8 Å². The minimum Gasteiger partial charge on any atom is -0.464 e. The molecule has 2 heterocycles. The molecule has 17 heavy (non-hydrogen) atoms. The number of anilines is 1. The summed E-state index contributed by atoms with van der Waals surface area (Å²) in [5, 5.41) is 6.59. The van der Waals surface area contributed by atoms with Gasteiger partial charge in [0.2, 0.25) is 0 Å². The van der Waals surface area contributed by atoms with E-state index in [4.69, 9.17) is 0 Å². The first-order chi connectivity index (χ1) is 8.29. The van der Waals surface area contributed by atoms with Crippen LogP contribution in [0.5, 0.6) is 0 Å². The van der Waals surface area contributed by atoms with E-state index in [0.717, 1.165) is 25.9 Å². The molecule has 0 atom stereocenters. The van der Waals surface area contributed by atoms with Crippen molar-refractivity contribution in [2.45, 2.75) is 18.9 Å². The molecule has 0 aromatic carbocycles. The van der Waals surface area contributed by atoms with Gasteiger partial charge < -0.3 is 15.4 Å². The van der Waals surface area contributed by atoms with E-state index in [2.05, 4.69) is 25.3 Å². The molecule has 1 aromatic heterocycles. The van der Waals surface area contributed by atoms with E-state index >= 15 is 0 Å². The van der Waals surface area contributed by atoms with Crippen LogP contribution in [-0.4, -0.2) is 42.2 Å². The topological polar surface area (TPSA) is 76.1 Å². The summed E-state index contributed by atoms with van der Waals surface area (Å²) in [7, 11) is 1.32. The number of rotatable bonds is 3. The van der Waals surface area contributed by atoms with Crippen LogP contribution in [0.2, 0.25) is 0 Å². The van der Waals surface area contributed by atoms with E-state index in [1.54, 1.807) is 6.20 Å². The molecule has 0 aliphatic carbocycles. The van der Waals surface area contributed by atoms with Gasteiger partial charge in [-0.1, -0.05) is 0 Å². The Bertz CT molecular complexity index is 374. The Kier molecular flexibility index (Phi) is 3.87. The quantitative estimate of drug-likeness (QED) is 0.741. The number of ether oxygens (including phenoxy) is 1. The zero-order valence-electron chi connectivity index (χ0n) is 9.77. The van der Waals surface area contributed by atoms with Gasteiger partial charge in [0.15, 0.2) is 5.69 Å². The van der Waals surface area contributed by atoms with Gasteiger partial charge in [-0.15, -0.1) is 0 Å². The fourth-order valence-corrected chi connectivity index (χ4v) is 1.79. The molecule has 2 rings (SSSR count). The summed E-state index contributed by atoms with van der Waals surface area (Å²) in [5.74, 6) is 0.232. The number of carbonyl (C=O) groups is 1. The average Bonchev–Trinajstić information content (AvgIpc) is 2.40. The molecule has 0 unspecified atom stereocenters. The van der Waals surface area contributed by atoms with Gasteiger partial charge in [0.25, 0.3) is 0 Å². The minimum absolute atomic E-state index is 0.225. The molecule has 1 aliphatic rings. The summed E-state index contributed by atoms with van der Waals surface area (Å²) in [4.78, 5) is 19.3. The highest BCUT2D eigenvalue weighted by atomic mass is 16.5. The average molecular weight is 236 g/mol. The zero-order chi connectivity index (χ0) is 12.1. The molecule has 1 aromatic rings. The third kappa shape index (κ3) is 3.13. The molecule has 0 bridgehead atoms. The van der Waals surface area contributed by atoms with E-state index in [-0.39, 0.29) is 5.69 Å². The van der Waals surface area contributed by atoms with E-state index in [1.165, 1.54) is 13.3 Å². The first kappa shape index (κ1) is 11.8. The number of esters is 1. The Balaban J connectivity index is 1.95. The molecule has 1 saturated heterocycles. The summed E-state index contributed by atoms with van der Waals surface area (Å²) in [6.07, 6.45) is 5.13. The van der Waals surface area contributed by atoms with Crippen LogP contribution in [0.3, 0.4) is 0 Å². The second-order valence-corrected chi connectivity index (χ2v) is 3.95. The Morgan fingerprint density at radius 3 is 2.76 bits per heavy atom. The Labute approximate surface area is 99.8 Å². The SMILES string of the molecule is COC(=O)c1cnc(NC2CCNCC2)cn1. The molecule has 2 N–H and O–H groups in total. The number of methoxy groups -OCH3 is 1. The maximum Gasteiger partial charge on any atom is 0.358 e. The van der Waals surface area contributed by atoms with Crippen molar-refractivity contribution < 1.29 is 9.53 Å². The number of hydrogen-bond acceptors (Lipinski definition) is 6. The van der Waals surface area contributed by atoms with Crippen LogP contribution in [-0.2, 0) is 4.74 Å². The van der Waals surface area contributed by atoms with Crippen molar-refractivity contribution in [3.63, 3.8) is 0 Å². The Hall–Kier alpha value is -1.69. The number of carbonyl (C=O) groups excluding carboxylic acids is 1. The molecule has 0 amide bonds. The van der Waals surface area contributed by atoms with Gasteiger partial charge in [0.05, 0.1) is 19.5 Å². The monoisotopic (exact) mass is 236 g/mol. The lowest BCUT2D eigenvalue weighted by Gasteiger charge is -2.23. The van der Waals surface area contributed by atoms with Gasteiger partial charge in [-0.2, -0.15) is 0 Å². The number of piperidine rings is 1. The number of hydrogen-bond donors (Lipinski definition) is 2. The third-order valence-electron chi connectivity index (χ3n) is 2.74. The van der Waals surface area contributed by atoms with Gasteiger partial charge in [-0.3, -0.25) is 0 Å². The van der Waals surface area contributed by atoms with Crippen LogP contribution in [0, 0.1) is 0 Å². The molecular weight excluding hydrogens is 220 g/mol. The maximum atomic E-state index is 11.2.